The third-order valence-electron chi connectivity index (χ3n) is 2.71. The van der Waals surface area contributed by atoms with E-state index in [0.29, 0.717) is 12.5 Å². The lowest BCUT2D eigenvalue weighted by Gasteiger charge is -2.23. The normalized spacial score (nSPS) is 14.9. The minimum absolute atomic E-state index is 0.171. The maximum atomic E-state index is 13.1. The van der Waals surface area contributed by atoms with Crippen molar-refractivity contribution in [3.8, 4) is 0 Å². The number of nitrogens with two attached hydrogens (primary N) is 1. The lowest BCUT2D eigenvalue weighted by atomic mass is 9.92. The van der Waals surface area contributed by atoms with Gasteiger partial charge in [0.05, 0.1) is 0 Å². The Morgan fingerprint density at radius 3 is 2.73 bits per heavy atom. The van der Waals surface area contributed by atoms with E-state index in [1.807, 2.05) is 13.1 Å². The summed E-state index contributed by atoms with van der Waals surface area (Å²) in [4.78, 5) is 0. The van der Waals surface area contributed by atoms with Gasteiger partial charge in [0.1, 0.15) is 5.82 Å². The van der Waals surface area contributed by atoms with E-state index in [4.69, 9.17) is 5.73 Å². The van der Waals surface area contributed by atoms with Crippen molar-refractivity contribution in [3.05, 3.63) is 35.6 Å². The van der Waals surface area contributed by atoms with Gasteiger partial charge in [-0.1, -0.05) is 19.1 Å². The Balaban J connectivity index is 2.82. The van der Waals surface area contributed by atoms with E-state index in [1.165, 1.54) is 6.07 Å². The topological polar surface area (TPSA) is 38.0 Å². The molecule has 84 valence electrons. The van der Waals surface area contributed by atoms with Crippen molar-refractivity contribution in [2.45, 2.75) is 19.4 Å². The minimum Gasteiger partial charge on any atom is -0.330 e. The first-order valence-electron chi connectivity index (χ1n) is 5.31. The van der Waals surface area contributed by atoms with Gasteiger partial charge in [0, 0.05) is 6.04 Å². The number of nitrogens with one attached hydrogen (secondary N) is 1. The second-order valence-corrected chi connectivity index (χ2v) is 3.88. The van der Waals surface area contributed by atoms with Crippen LogP contribution in [0.15, 0.2) is 24.3 Å². The van der Waals surface area contributed by atoms with E-state index in [1.54, 1.807) is 12.1 Å². The van der Waals surface area contributed by atoms with Crippen LogP contribution in [0.5, 0.6) is 0 Å². The van der Waals surface area contributed by atoms with Crippen LogP contribution >= 0.6 is 0 Å². The van der Waals surface area contributed by atoms with Crippen molar-refractivity contribution in [2.24, 2.45) is 11.7 Å². The summed E-state index contributed by atoms with van der Waals surface area (Å²) in [6.07, 6.45) is 0.933. The summed E-state index contributed by atoms with van der Waals surface area (Å²) in [5.74, 6) is 0.217. The largest absolute Gasteiger partial charge is 0.330 e. The Bertz CT molecular complexity index is 301. The second kappa shape index (κ2) is 5.83. The monoisotopic (exact) mass is 210 g/mol. The summed E-state index contributed by atoms with van der Waals surface area (Å²) in [7, 11) is 1.89. The van der Waals surface area contributed by atoms with Crippen molar-refractivity contribution in [1.29, 1.82) is 0 Å². The van der Waals surface area contributed by atoms with Crippen LogP contribution < -0.4 is 11.1 Å². The Morgan fingerprint density at radius 2 is 2.20 bits per heavy atom. The fraction of sp³-hybridized carbons (Fsp3) is 0.500. The maximum absolute atomic E-state index is 13.1. The number of rotatable bonds is 5. The van der Waals surface area contributed by atoms with Gasteiger partial charge in [-0.25, -0.2) is 4.39 Å². The molecule has 0 saturated heterocycles. The summed E-state index contributed by atoms with van der Waals surface area (Å²) in [6, 6.07) is 6.89. The van der Waals surface area contributed by atoms with Gasteiger partial charge in [0.2, 0.25) is 0 Å². The average Bonchev–Trinajstić information content (AvgIpc) is 2.19. The minimum atomic E-state index is -0.187. The molecule has 0 heterocycles. The Kier molecular flexibility index (Phi) is 4.72. The fourth-order valence-electron chi connectivity index (χ4n) is 1.91. The second-order valence-electron chi connectivity index (χ2n) is 3.88. The lowest BCUT2D eigenvalue weighted by molar-refractivity contribution is 0.390. The summed E-state index contributed by atoms with van der Waals surface area (Å²) in [5, 5.41) is 3.21. The molecule has 2 nitrogen and oxygen atoms in total. The molecule has 0 fully saturated rings. The molecule has 0 aliphatic carbocycles. The van der Waals surface area contributed by atoms with E-state index in [0.717, 1.165) is 12.0 Å². The molecule has 0 spiro atoms. The molecule has 0 bridgehead atoms. The SMILES string of the molecule is CNC(c1cccc(F)c1)C(C)CCN. The van der Waals surface area contributed by atoms with Crippen LogP contribution in [0.25, 0.3) is 0 Å². The molecule has 2 atom stereocenters. The Hall–Kier alpha value is -0.930. The van der Waals surface area contributed by atoms with Gasteiger partial charge in [0.15, 0.2) is 0 Å². The van der Waals surface area contributed by atoms with Crippen molar-refractivity contribution in [2.75, 3.05) is 13.6 Å². The van der Waals surface area contributed by atoms with E-state index < -0.39 is 0 Å². The quantitative estimate of drug-likeness (QED) is 0.780. The molecule has 1 aromatic rings. The van der Waals surface area contributed by atoms with Crippen molar-refractivity contribution < 1.29 is 4.39 Å². The number of benzene rings is 1. The van der Waals surface area contributed by atoms with E-state index in [2.05, 4.69) is 12.2 Å². The smallest absolute Gasteiger partial charge is 0.123 e. The summed E-state index contributed by atoms with van der Waals surface area (Å²) in [6.45, 7) is 2.79. The first-order chi connectivity index (χ1) is 7.19. The van der Waals surface area contributed by atoms with Crippen molar-refractivity contribution in [1.82, 2.24) is 5.32 Å². The van der Waals surface area contributed by atoms with Crippen LogP contribution in [0.2, 0.25) is 0 Å². The molecule has 1 aromatic carbocycles. The van der Waals surface area contributed by atoms with Gasteiger partial charge in [-0.2, -0.15) is 0 Å². The van der Waals surface area contributed by atoms with Crippen LogP contribution in [-0.4, -0.2) is 13.6 Å². The van der Waals surface area contributed by atoms with E-state index >= 15 is 0 Å². The van der Waals surface area contributed by atoms with Crippen LogP contribution in [0.3, 0.4) is 0 Å². The van der Waals surface area contributed by atoms with E-state index in [9.17, 15) is 4.39 Å². The standard InChI is InChI=1S/C12H19FN2/c1-9(6-7-14)12(15-2)10-4-3-5-11(13)8-10/h3-5,8-9,12,15H,6-7,14H2,1-2H3. The molecule has 0 radical (unpaired) electrons. The van der Waals surface area contributed by atoms with Crippen LogP contribution in [0.4, 0.5) is 4.39 Å². The zero-order valence-corrected chi connectivity index (χ0v) is 9.33. The maximum Gasteiger partial charge on any atom is 0.123 e. The highest BCUT2D eigenvalue weighted by molar-refractivity contribution is 5.20. The molecule has 3 N–H and O–H groups in total. The summed E-state index contributed by atoms with van der Waals surface area (Å²) >= 11 is 0. The van der Waals surface area contributed by atoms with Gasteiger partial charge in [-0.3, -0.25) is 0 Å². The number of halogens is 1. The van der Waals surface area contributed by atoms with Crippen LogP contribution in [0, 0.1) is 11.7 Å². The predicted octanol–water partition coefficient (Wildman–Crippen LogP) is 2.07. The molecule has 0 aliphatic rings. The summed E-state index contributed by atoms with van der Waals surface area (Å²) < 4.78 is 13.1. The Morgan fingerprint density at radius 1 is 1.47 bits per heavy atom. The third-order valence-corrected chi connectivity index (χ3v) is 2.71. The van der Waals surface area contributed by atoms with Gasteiger partial charge in [-0.05, 0) is 43.6 Å². The van der Waals surface area contributed by atoms with E-state index in [-0.39, 0.29) is 11.9 Å². The summed E-state index contributed by atoms with van der Waals surface area (Å²) in [5.41, 5.74) is 6.51. The van der Waals surface area contributed by atoms with Crippen molar-refractivity contribution in [3.63, 3.8) is 0 Å². The molecule has 0 amide bonds. The molecule has 2 unspecified atom stereocenters. The van der Waals surface area contributed by atoms with Crippen molar-refractivity contribution >= 4 is 0 Å². The first-order valence-corrected chi connectivity index (χ1v) is 5.31. The predicted molar refractivity (Wildman–Crippen MR) is 61.0 cm³/mol. The van der Waals surface area contributed by atoms with Gasteiger partial charge in [-0.15, -0.1) is 0 Å². The molecule has 15 heavy (non-hydrogen) atoms. The molecule has 1 rings (SSSR count). The average molecular weight is 210 g/mol. The highest BCUT2D eigenvalue weighted by Crippen LogP contribution is 2.24. The molecular formula is C12H19FN2. The molecular weight excluding hydrogens is 191 g/mol. The van der Waals surface area contributed by atoms with Crippen LogP contribution in [-0.2, 0) is 0 Å². The number of hydrogen-bond donors (Lipinski definition) is 2. The van der Waals surface area contributed by atoms with Gasteiger partial charge >= 0.3 is 0 Å². The fourth-order valence-corrected chi connectivity index (χ4v) is 1.91. The zero-order valence-electron chi connectivity index (χ0n) is 9.33. The van der Waals surface area contributed by atoms with Gasteiger partial charge < -0.3 is 11.1 Å². The lowest BCUT2D eigenvalue weighted by Crippen LogP contribution is -2.25. The number of hydrogen-bond acceptors (Lipinski definition) is 2. The molecule has 0 aromatic heterocycles. The third kappa shape index (κ3) is 3.29. The molecule has 0 aliphatic heterocycles. The Labute approximate surface area is 90.7 Å². The zero-order chi connectivity index (χ0) is 11.3. The van der Waals surface area contributed by atoms with Crippen LogP contribution in [0.1, 0.15) is 24.9 Å². The highest BCUT2D eigenvalue weighted by atomic mass is 19.1. The first kappa shape index (κ1) is 12.1. The molecule has 3 heteroatoms. The highest BCUT2D eigenvalue weighted by Gasteiger charge is 2.16. The van der Waals surface area contributed by atoms with Gasteiger partial charge in [0.25, 0.3) is 0 Å². The molecule has 0 saturated carbocycles.